The van der Waals surface area contributed by atoms with E-state index < -0.39 is 16.4 Å². The van der Waals surface area contributed by atoms with Gasteiger partial charge in [0.2, 0.25) is 5.91 Å². The number of carbonyl (C=O) groups excluding carboxylic acids is 1. The lowest BCUT2D eigenvalue weighted by molar-refractivity contribution is -0.119. The highest BCUT2D eigenvalue weighted by atomic mass is 32.2. The molecule has 0 unspecified atom stereocenters. The molecule has 1 aliphatic rings. The standard InChI is InChI=1S/C20H25N7O5S/c1-13(28)22-8-14-4-2-3-5-15(14)9-23-19-18-20(25-11-24-19)27(12-26-18)17-7-6-16(32-17)10-31-33(21,29)30/h2-5,11-12,16-17H,6-10H2,1H3,(H,22,28)(H2,21,29,30)(H,23,24,25)/t16-,17+/m0/s1. The molecule has 4 N–H and O–H groups in total. The summed E-state index contributed by atoms with van der Waals surface area (Å²) in [7, 11) is -4.01. The number of ether oxygens (including phenoxy) is 1. The van der Waals surface area contributed by atoms with Gasteiger partial charge in [-0.05, 0) is 24.0 Å². The average Bonchev–Trinajstić information content (AvgIpc) is 3.42. The lowest BCUT2D eigenvalue weighted by atomic mass is 10.1. The van der Waals surface area contributed by atoms with Gasteiger partial charge >= 0.3 is 10.3 Å². The first-order valence-corrected chi connectivity index (χ1v) is 11.8. The third kappa shape index (κ3) is 5.82. The predicted octanol–water partition coefficient (Wildman–Crippen LogP) is 0.972. The lowest BCUT2D eigenvalue weighted by Crippen LogP contribution is -2.23. The predicted molar refractivity (Wildman–Crippen MR) is 119 cm³/mol. The fraction of sp³-hybridized carbons (Fsp3) is 0.400. The van der Waals surface area contributed by atoms with Crippen LogP contribution in [-0.2, 0) is 37.1 Å². The quantitative estimate of drug-likeness (QED) is 0.409. The van der Waals surface area contributed by atoms with Crippen molar-refractivity contribution in [1.82, 2.24) is 24.8 Å². The van der Waals surface area contributed by atoms with E-state index in [1.807, 2.05) is 24.3 Å². The van der Waals surface area contributed by atoms with Gasteiger partial charge in [0.15, 0.2) is 17.0 Å². The number of hydrogen-bond acceptors (Lipinski definition) is 9. The summed E-state index contributed by atoms with van der Waals surface area (Å²) in [6.07, 6.45) is 3.58. The first-order valence-electron chi connectivity index (χ1n) is 10.4. The van der Waals surface area contributed by atoms with E-state index >= 15 is 0 Å². The van der Waals surface area contributed by atoms with Gasteiger partial charge in [0.1, 0.15) is 12.6 Å². The number of nitrogens with two attached hydrogens (primary N) is 1. The van der Waals surface area contributed by atoms with E-state index in [1.54, 1.807) is 10.9 Å². The van der Waals surface area contributed by atoms with Crippen LogP contribution in [0.3, 0.4) is 0 Å². The number of aromatic nitrogens is 4. The molecule has 12 nitrogen and oxygen atoms in total. The van der Waals surface area contributed by atoms with Crippen molar-refractivity contribution in [3.8, 4) is 0 Å². The van der Waals surface area contributed by atoms with E-state index in [4.69, 9.17) is 9.88 Å². The number of carbonyl (C=O) groups is 1. The number of hydrogen-bond donors (Lipinski definition) is 3. The highest BCUT2D eigenvalue weighted by Gasteiger charge is 2.29. The maximum absolute atomic E-state index is 11.3. The Morgan fingerprint density at radius 3 is 2.70 bits per heavy atom. The van der Waals surface area contributed by atoms with Crippen LogP contribution in [0.25, 0.3) is 11.2 Å². The Balaban J connectivity index is 1.46. The van der Waals surface area contributed by atoms with Gasteiger partial charge in [-0.1, -0.05) is 24.3 Å². The van der Waals surface area contributed by atoms with Crippen molar-refractivity contribution in [2.24, 2.45) is 5.14 Å². The van der Waals surface area contributed by atoms with Crippen LogP contribution < -0.4 is 15.8 Å². The minimum atomic E-state index is -4.01. The van der Waals surface area contributed by atoms with Gasteiger partial charge in [-0.3, -0.25) is 13.5 Å². The summed E-state index contributed by atoms with van der Waals surface area (Å²) >= 11 is 0. The van der Waals surface area contributed by atoms with Crippen LogP contribution in [0.15, 0.2) is 36.9 Å². The first-order chi connectivity index (χ1) is 15.8. The normalized spacial score (nSPS) is 18.5. The summed E-state index contributed by atoms with van der Waals surface area (Å²) in [5, 5.41) is 11.0. The molecule has 1 aromatic carbocycles. The van der Waals surface area contributed by atoms with E-state index in [0.29, 0.717) is 42.9 Å². The largest absolute Gasteiger partial charge is 0.364 e. The molecule has 3 heterocycles. The maximum atomic E-state index is 11.3. The molecule has 1 fully saturated rings. The van der Waals surface area contributed by atoms with Gasteiger partial charge in [0, 0.05) is 20.0 Å². The van der Waals surface area contributed by atoms with Gasteiger partial charge in [-0.15, -0.1) is 0 Å². The SMILES string of the molecule is CC(=O)NCc1ccccc1CNc1ncnc2c1ncn2[C@H]1CC[C@@H](COS(N)(=O)=O)O1. The van der Waals surface area contributed by atoms with E-state index in [1.165, 1.54) is 13.3 Å². The molecule has 1 amide bonds. The minimum Gasteiger partial charge on any atom is -0.364 e. The van der Waals surface area contributed by atoms with Gasteiger partial charge in [0.05, 0.1) is 19.0 Å². The molecule has 0 spiro atoms. The Morgan fingerprint density at radius 2 is 1.97 bits per heavy atom. The Kier molecular flexibility index (Phi) is 6.83. The van der Waals surface area contributed by atoms with Gasteiger partial charge in [-0.2, -0.15) is 8.42 Å². The third-order valence-corrected chi connectivity index (χ3v) is 5.73. The summed E-state index contributed by atoms with van der Waals surface area (Å²) in [6.45, 7) is 2.28. The molecular formula is C20H25N7O5S. The molecule has 13 heteroatoms. The third-order valence-electron chi connectivity index (χ3n) is 5.26. The molecule has 2 aromatic heterocycles. The number of nitrogens with one attached hydrogen (secondary N) is 2. The van der Waals surface area contributed by atoms with Crippen molar-refractivity contribution < 1.29 is 22.1 Å². The highest BCUT2D eigenvalue weighted by Crippen LogP contribution is 2.31. The van der Waals surface area contributed by atoms with Gasteiger partial charge in [-0.25, -0.2) is 20.1 Å². The maximum Gasteiger partial charge on any atom is 0.333 e. The van der Waals surface area contributed by atoms with Crippen molar-refractivity contribution in [3.05, 3.63) is 48.0 Å². The minimum absolute atomic E-state index is 0.0894. The number of rotatable bonds is 9. The fourth-order valence-electron chi connectivity index (χ4n) is 3.68. The molecule has 4 rings (SSSR count). The monoisotopic (exact) mass is 475 g/mol. The molecule has 0 saturated carbocycles. The van der Waals surface area contributed by atoms with Crippen LogP contribution in [0.4, 0.5) is 5.82 Å². The van der Waals surface area contributed by atoms with Crippen LogP contribution >= 0.6 is 0 Å². The zero-order valence-corrected chi connectivity index (χ0v) is 18.8. The van der Waals surface area contributed by atoms with Crippen molar-refractivity contribution >= 4 is 33.2 Å². The zero-order valence-electron chi connectivity index (χ0n) is 18.0. The molecule has 1 saturated heterocycles. The Morgan fingerprint density at radius 1 is 1.21 bits per heavy atom. The number of amides is 1. The summed E-state index contributed by atoms with van der Waals surface area (Å²) in [4.78, 5) is 24.4. The fourth-order valence-corrected chi connectivity index (χ4v) is 4.02. The molecule has 0 bridgehead atoms. The molecule has 176 valence electrons. The second-order valence-corrected chi connectivity index (χ2v) is 8.87. The summed E-state index contributed by atoms with van der Waals surface area (Å²) in [6, 6.07) is 7.81. The first kappa shape index (κ1) is 23.0. The second kappa shape index (κ2) is 9.79. The summed E-state index contributed by atoms with van der Waals surface area (Å²) in [5.74, 6) is 0.480. The number of anilines is 1. The van der Waals surface area contributed by atoms with E-state index in [-0.39, 0.29) is 18.7 Å². The Labute approximate surface area is 190 Å². The van der Waals surface area contributed by atoms with E-state index in [2.05, 4.69) is 29.8 Å². The molecule has 1 aliphatic heterocycles. The second-order valence-electron chi connectivity index (χ2n) is 7.65. The van der Waals surface area contributed by atoms with Crippen LogP contribution in [-0.4, -0.2) is 46.6 Å². The summed E-state index contributed by atoms with van der Waals surface area (Å²) < 4.78 is 34.3. The van der Waals surface area contributed by atoms with Crippen LogP contribution in [0.2, 0.25) is 0 Å². The number of imidazole rings is 1. The molecular weight excluding hydrogens is 450 g/mol. The molecule has 0 radical (unpaired) electrons. The van der Waals surface area contributed by atoms with Gasteiger partial charge in [0.25, 0.3) is 0 Å². The highest BCUT2D eigenvalue weighted by molar-refractivity contribution is 7.84. The topological polar surface area (TPSA) is 163 Å². The summed E-state index contributed by atoms with van der Waals surface area (Å²) in [5.41, 5.74) is 3.21. The van der Waals surface area contributed by atoms with Crippen LogP contribution in [0.1, 0.15) is 37.1 Å². The van der Waals surface area contributed by atoms with Gasteiger partial charge < -0.3 is 15.4 Å². The smallest absolute Gasteiger partial charge is 0.333 e. The Hall–Kier alpha value is -3.13. The van der Waals surface area contributed by atoms with Crippen molar-refractivity contribution in [2.45, 2.75) is 45.2 Å². The number of nitrogens with zero attached hydrogens (tertiary/aromatic N) is 4. The van der Waals surface area contributed by atoms with Crippen LogP contribution in [0.5, 0.6) is 0 Å². The average molecular weight is 476 g/mol. The molecule has 0 aliphatic carbocycles. The van der Waals surface area contributed by atoms with Crippen molar-refractivity contribution in [2.75, 3.05) is 11.9 Å². The molecule has 33 heavy (non-hydrogen) atoms. The van der Waals surface area contributed by atoms with E-state index in [0.717, 1.165) is 11.1 Å². The Bertz CT molecular complexity index is 1250. The van der Waals surface area contributed by atoms with Crippen molar-refractivity contribution in [1.29, 1.82) is 0 Å². The lowest BCUT2D eigenvalue weighted by Gasteiger charge is -2.15. The van der Waals surface area contributed by atoms with E-state index in [9.17, 15) is 13.2 Å². The molecule has 2 atom stereocenters. The number of benzene rings is 1. The van der Waals surface area contributed by atoms with Crippen molar-refractivity contribution in [3.63, 3.8) is 0 Å². The molecule has 3 aromatic rings. The van der Waals surface area contributed by atoms with Crippen LogP contribution in [0, 0.1) is 0 Å². The number of fused-ring (bicyclic) bond motifs is 1. The zero-order chi connectivity index (χ0) is 23.4.